The van der Waals surface area contributed by atoms with E-state index in [1.165, 1.54) is 231 Å². The number of carbonyl (C=O) groups excluding carboxylic acids is 1. The van der Waals surface area contributed by atoms with Gasteiger partial charge in [0.1, 0.15) is 6.10 Å². The van der Waals surface area contributed by atoms with Gasteiger partial charge in [0.15, 0.2) is 0 Å². The first-order chi connectivity index (χ1) is 30.2. The van der Waals surface area contributed by atoms with Crippen molar-refractivity contribution in [3.63, 3.8) is 0 Å². The molecule has 0 aliphatic heterocycles. The van der Waals surface area contributed by atoms with E-state index in [4.69, 9.17) is 9.47 Å². The Morgan fingerprint density at radius 2 is 0.689 bits per heavy atom. The van der Waals surface area contributed by atoms with Crippen molar-refractivity contribution in [2.75, 3.05) is 19.8 Å². The number of carbonyl (C=O) groups is 1. The molecule has 0 amide bonds. The van der Waals surface area contributed by atoms with Crippen LogP contribution in [0.15, 0.2) is 48.6 Å². The molecule has 4 heteroatoms. The van der Waals surface area contributed by atoms with E-state index in [2.05, 4.69) is 62.5 Å². The van der Waals surface area contributed by atoms with Gasteiger partial charge >= 0.3 is 5.97 Å². The Balaban J connectivity index is 3.39. The first kappa shape index (κ1) is 59.4. The van der Waals surface area contributed by atoms with Crippen molar-refractivity contribution >= 4 is 5.97 Å². The molecule has 0 aromatic heterocycles. The molecular weight excluding hydrogens is 749 g/mol. The van der Waals surface area contributed by atoms with E-state index >= 15 is 0 Å². The minimum Gasteiger partial charge on any atom is -0.457 e. The quantitative estimate of drug-likeness (QED) is 0.0376. The van der Waals surface area contributed by atoms with E-state index in [1.54, 1.807) is 0 Å². The van der Waals surface area contributed by atoms with Gasteiger partial charge in [-0.05, 0) is 77.0 Å². The average Bonchev–Trinajstić information content (AvgIpc) is 3.27. The fraction of sp³-hybridized carbons (Fsp3) is 0.842. The van der Waals surface area contributed by atoms with Crippen molar-refractivity contribution < 1.29 is 19.4 Å². The van der Waals surface area contributed by atoms with Crippen LogP contribution in [0.25, 0.3) is 0 Å². The predicted octanol–water partition coefficient (Wildman–Crippen LogP) is 18.6. The highest BCUT2D eigenvalue weighted by Crippen LogP contribution is 2.16. The van der Waals surface area contributed by atoms with Gasteiger partial charge in [-0.3, -0.25) is 4.79 Å². The van der Waals surface area contributed by atoms with Crippen LogP contribution < -0.4 is 0 Å². The second-order valence-electron chi connectivity index (χ2n) is 18.3. The standard InChI is InChI=1S/C57H106O4/c1-3-5-7-9-11-13-15-17-19-21-23-25-27-29-30-32-34-36-38-40-42-44-46-48-50-52-57(59)61-56(54-58)55-60-53-51-49-47-45-43-41-39-37-35-33-31-28-26-24-22-20-18-16-14-12-10-8-6-4-2/h15-18,21-24,56,58H,3-14,19-20,25-55H2,1-2H3/b17-15-,18-16-,23-21-,24-22-. The Morgan fingerprint density at radius 3 is 1.02 bits per heavy atom. The van der Waals surface area contributed by atoms with Crippen molar-refractivity contribution in [2.45, 2.75) is 290 Å². The Bertz CT molecular complexity index is 951. The molecule has 0 radical (unpaired) electrons. The molecule has 4 nitrogen and oxygen atoms in total. The Labute approximate surface area is 382 Å². The molecule has 0 aliphatic carbocycles. The highest BCUT2D eigenvalue weighted by molar-refractivity contribution is 5.69. The summed E-state index contributed by atoms with van der Waals surface area (Å²) in [6, 6.07) is 0. The van der Waals surface area contributed by atoms with Gasteiger partial charge < -0.3 is 14.6 Å². The molecule has 61 heavy (non-hydrogen) atoms. The molecule has 1 N–H and O–H groups in total. The number of aliphatic hydroxyl groups is 1. The van der Waals surface area contributed by atoms with E-state index < -0.39 is 6.10 Å². The third kappa shape index (κ3) is 52.6. The zero-order valence-electron chi connectivity index (χ0n) is 41.2. The van der Waals surface area contributed by atoms with Crippen LogP contribution in [-0.2, 0) is 14.3 Å². The SMILES string of the molecule is CCCCCCC/C=C\C/C=C\CCCCCCCCCCCCCCCC(=O)OC(CO)COCCCCCCCCCCCCCC/C=C\C/C=C\CCCCCCC. The lowest BCUT2D eigenvalue weighted by atomic mass is 10.0. The maximum atomic E-state index is 12.3. The number of esters is 1. The monoisotopic (exact) mass is 855 g/mol. The van der Waals surface area contributed by atoms with Gasteiger partial charge in [0.05, 0.1) is 13.2 Å². The van der Waals surface area contributed by atoms with Crippen LogP contribution in [-0.4, -0.2) is 37.0 Å². The summed E-state index contributed by atoms with van der Waals surface area (Å²) in [4.78, 5) is 12.3. The summed E-state index contributed by atoms with van der Waals surface area (Å²) in [5.74, 6) is -0.198. The summed E-state index contributed by atoms with van der Waals surface area (Å²) in [5.41, 5.74) is 0. The lowest BCUT2D eigenvalue weighted by Gasteiger charge is -2.16. The first-order valence-corrected chi connectivity index (χ1v) is 27.2. The maximum Gasteiger partial charge on any atom is 0.306 e. The molecule has 0 fully saturated rings. The summed E-state index contributed by atoms with van der Waals surface area (Å²) in [6.45, 7) is 5.36. The fourth-order valence-electron chi connectivity index (χ4n) is 8.04. The van der Waals surface area contributed by atoms with E-state index in [0.717, 1.165) is 32.1 Å². The zero-order chi connectivity index (χ0) is 44.0. The lowest BCUT2D eigenvalue weighted by molar-refractivity contribution is -0.154. The van der Waals surface area contributed by atoms with Crippen molar-refractivity contribution in [3.8, 4) is 0 Å². The molecular formula is C57H106O4. The molecule has 0 rings (SSSR count). The second kappa shape index (κ2) is 54.5. The van der Waals surface area contributed by atoms with Crippen LogP contribution in [0.4, 0.5) is 0 Å². The summed E-state index contributed by atoms with van der Waals surface area (Å²) < 4.78 is 11.2. The van der Waals surface area contributed by atoms with Gasteiger partial charge in [-0.15, -0.1) is 0 Å². The minimum atomic E-state index is -0.536. The third-order valence-electron chi connectivity index (χ3n) is 12.1. The molecule has 0 heterocycles. The van der Waals surface area contributed by atoms with Crippen LogP contribution >= 0.6 is 0 Å². The molecule has 0 aromatic carbocycles. The molecule has 1 unspecified atom stereocenters. The van der Waals surface area contributed by atoms with Crippen LogP contribution in [0, 0.1) is 0 Å². The molecule has 0 saturated carbocycles. The topological polar surface area (TPSA) is 55.8 Å². The van der Waals surface area contributed by atoms with Gasteiger partial charge in [0.25, 0.3) is 0 Å². The van der Waals surface area contributed by atoms with Crippen LogP contribution in [0.3, 0.4) is 0 Å². The number of allylic oxidation sites excluding steroid dienone is 8. The van der Waals surface area contributed by atoms with Gasteiger partial charge in [-0.1, -0.05) is 249 Å². The van der Waals surface area contributed by atoms with Crippen LogP contribution in [0.1, 0.15) is 284 Å². The second-order valence-corrected chi connectivity index (χ2v) is 18.3. The average molecular weight is 855 g/mol. The van der Waals surface area contributed by atoms with E-state index in [-0.39, 0.29) is 12.6 Å². The van der Waals surface area contributed by atoms with E-state index in [9.17, 15) is 9.90 Å². The predicted molar refractivity (Wildman–Crippen MR) is 270 cm³/mol. The molecule has 1 atom stereocenters. The Morgan fingerprint density at radius 1 is 0.393 bits per heavy atom. The summed E-state index contributed by atoms with van der Waals surface area (Å²) in [6.07, 6.45) is 72.1. The smallest absolute Gasteiger partial charge is 0.306 e. The van der Waals surface area contributed by atoms with Crippen molar-refractivity contribution in [2.24, 2.45) is 0 Å². The molecule has 0 aliphatic rings. The van der Waals surface area contributed by atoms with Crippen LogP contribution in [0.2, 0.25) is 0 Å². The molecule has 358 valence electrons. The highest BCUT2D eigenvalue weighted by Gasteiger charge is 2.13. The number of hydrogen-bond donors (Lipinski definition) is 1. The highest BCUT2D eigenvalue weighted by atomic mass is 16.6. The van der Waals surface area contributed by atoms with Crippen LogP contribution in [0.5, 0.6) is 0 Å². The lowest BCUT2D eigenvalue weighted by Crippen LogP contribution is -2.27. The van der Waals surface area contributed by atoms with Crippen molar-refractivity contribution in [3.05, 3.63) is 48.6 Å². The molecule has 0 aromatic rings. The Kier molecular flexibility index (Phi) is 53.0. The van der Waals surface area contributed by atoms with Gasteiger partial charge in [-0.25, -0.2) is 0 Å². The maximum absolute atomic E-state index is 12.3. The summed E-state index contributed by atoms with van der Waals surface area (Å²) >= 11 is 0. The third-order valence-corrected chi connectivity index (χ3v) is 12.1. The summed E-state index contributed by atoms with van der Waals surface area (Å²) in [7, 11) is 0. The number of hydrogen-bond acceptors (Lipinski definition) is 4. The Hall–Kier alpha value is -1.65. The number of unbranched alkanes of at least 4 members (excludes halogenated alkanes) is 35. The van der Waals surface area contributed by atoms with Crippen molar-refractivity contribution in [1.29, 1.82) is 0 Å². The minimum absolute atomic E-state index is 0.171. The van der Waals surface area contributed by atoms with Gasteiger partial charge in [0, 0.05) is 13.0 Å². The van der Waals surface area contributed by atoms with E-state index in [1.807, 2.05) is 0 Å². The first-order valence-electron chi connectivity index (χ1n) is 27.2. The summed E-state index contributed by atoms with van der Waals surface area (Å²) in [5, 5.41) is 9.67. The van der Waals surface area contributed by atoms with Gasteiger partial charge in [0.2, 0.25) is 0 Å². The number of ether oxygens (including phenoxy) is 2. The van der Waals surface area contributed by atoms with Crippen molar-refractivity contribution in [1.82, 2.24) is 0 Å². The largest absolute Gasteiger partial charge is 0.457 e. The molecule has 0 bridgehead atoms. The molecule has 0 saturated heterocycles. The number of aliphatic hydroxyl groups excluding tert-OH is 1. The van der Waals surface area contributed by atoms with E-state index in [0.29, 0.717) is 19.6 Å². The van der Waals surface area contributed by atoms with Gasteiger partial charge in [-0.2, -0.15) is 0 Å². The normalized spacial score (nSPS) is 12.6. The zero-order valence-corrected chi connectivity index (χ0v) is 41.2. The fourth-order valence-corrected chi connectivity index (χ4v) is 8.04. The molecule has 0 spiro atoms. The number of rotatable bonds is 51.